The first-order valence-corrected chi connectivity index (χ1v) is 10.5. The number of β-amino-alcohol motifs (C(OH)–C–C–N with tert-alkyl or cyclic N) is 1. The summed E-state index contributed by atoms with van der Waals surface area (Å²) in [5.74, 6) is 0.643. The number of nitrogens with one attached hydrogen (secondary N) is 2. The first-order chi connectivity index (χ1) is 15.3. The first-order valence-electron chi connectivity index (χ1n) is 10.5. The van der Waals surface area contributed by atoms with E-state index in [0.29, 0.717) is 25.1 Å². The van der Waals surface area contributed by atoms with Crippen molar-refractivity contribution in [3.63, 3.8) is 0 Å². The number of carbonyl (C=O) groups is 1. The maximum Gasteiger partial charge on any atom is 0.257 e. The topological polar surface area (TPSA) is 132 Å². The van der Waals surface area contributed by atoms with Crippen LogP contribution >= 0.6 is 0 Å². The Hall–Kier alpha value is -3.59. The summed E-state index contributed by atoms with van der Waals surface area (Å²) in [4.78, 5) is 38.7. The lowest BCUT2D eigenvalue weighted by Crippen LogP contribution is -2.37. The Morgan fingerprint density at radius 2 is 1.97 bits per heavy atom. The third-order valence-corrected chi connectivity index (χ3v) is 5.72. The summed E-state index contributed by atoms with van der Waals surface area (Å²) in [5.41, 5.74) is -1.06. The van der Waals surface area contributed by atoms with Crippen LogP contribution < -0.4 is 21.5 Å². The summed E-state index contributed by atoms with van der Waals surface area (Å²) in [6, 6.07) is 7.88. The maximum atomic E-state index is 12.7. The smallest absolute Gasteiger partial charge is 0.257 e. The number of anilines is 3. The van der Waals surface area contributed by atoms with Crippen molar-refractivity contribution in [2.45, 2.75) is 38.8 Å². The van der Waals surface area contributed by atoms with Gasteiger partial charge in [-0.25, -0.2) is 0 Å². The Balaban J connectivity index is 1.58. The van der Waals surface area contributed by atoms with Gasteiger partial charge >= 0.3 is 0 Å². The van der Waals surface area contributed by atoms with E-state index in [-0.39, 0.29) is 41.0 Å². The zero-order chi connectivity index (χ0) is 23.0. The quantitative estimate of drug-likeness (QED) is 0.326. The molecule has 0 spiro atoms. The number of phenolic OH excluding ortho intramolecular Hbond substituents is 1. The van der Waals surface area contributed by atoms with E-state index in [1.54, 1.807) is 6.07 Å². The number of hydrogen-bond donors (Lipinski definition) is 4. The fraction of sp³-hybridized carbons (Fsp3) is 0.348. The Morgan fingerprint density at radius 1 is 1.22 bits per heavy atom. The molecule has 168 valence electrons. The third kappa shape index (κ3) is 3.87. The second-order valence-corrected chi connectivity index (χ2v) is 7.98. The molecule has 2 atom stereocenters. The van der Waals surface area contributed by atoms with Gasteiger partial charge in [0.1, 0.15) is 22.9 Å². The van der Waals surface area contributed by atoms with Gasteiger partial charge in [0.05, 0.1) is 23.4 Å². The number of para-hydroxylation sites is 1. The number of aryl methyl sites for hydroxylation is 1. The minimum absolute atomic E-state index is 0.0215. The molecule has 2 aromatic carbocycles. The number of furan rings is 1. The maximum absolute atomic E-state index is 12.7. The number of hydrogen-bond acceptors (Lipinski definition) is 8. The second-order valence-electron chi connectivity index (χ2n) is 7.98. The average molecular weight is 439 g/mol. The van der Waals surface area contributed by atoms with Crippen LogP contribution in [0.15, 0.2) is 44.3 Å². The second kappa shape index (κ2) is 8.51. The summed E-state index contributed by atoms with van der Waals surface area (Å²) >= 11 is 0. The van der Waals surface area contributed by atoms with Crippen LogP contribution in [0.3, 0.4) is 0 Å². The molecule has 0 saturated carbocycles. The molecule has 9 nitrogen and oxygen atoms in total. The molecular weight excluding hydrogens is 414 g/mol. The number of benzene rings is 1. The van der Waals surface area contributed by atoms with E-state index >= 15 is 0 Å². The van der Waals surface area contributed by atoms with Gasteiger partial charge in [-0.05, 0) is 44.0 Å². The molecule has 0 aliphatic carbocycles. The van der Waals surface area contributed by atoms with Gasteiger partial charge < -0.3 is 30.2 Å². The van der Waals surface area contributed by atoms with Crippen molar-refractivity contribution in [3.8, 4) is 5.75 Å². The number of aliphatic hydroxyl groups excluding tert-OH is 1. The number of nitrogens with zero attached hydrogens (tertiary/aromatic N) is 1. The SMILES string of the molecule is CC[C@@H](Nc1c(Nc2cccc(C(=O)N3CC[C@H](O)C3)c2O)c(=O)c1=O)c1ccc(C)o1. The molecule has 2 heterocycles. The third-order valence-electron chi connectivity index (χ3n) is 5.72. The molecule has 0 unspecified atom stereocenters. The van der Waals surface area contributed by atoms with Gasteiger partial charge in [0.15, 0.2) is 5.75 Å². The van der Waals surface area contributed by atoms with Crippen LogP contribution in [0.25, 0.3) is 0 Å². The summed E-state index contributed by atoms with van der Waals surface area (Å²) < 4.78 is 5.64. The van der Waals surface area contributed by atoms with E-state index in [1.165, 1.54) is 17.0 Å². The highest BCUT2D eigenvalue weighted by molar-refractivity contribution is 5.99. The van der Waals surface area contributed by atoms with Gasteiger partial charge in [0, 0.05) is 13.1 Å². The molecule has 1 aliphatic rings. The van der Waals surface area contributed by atoms with E-state index in [1.807, 2.05) is 26.0 Å². The number of likely N-dealkylation sites (tertiary alicyclic amines) is 1. The van der Waals surface area contributed by atoms with Crippen molar-refractivity contribution < 1.29 is 19.4 Å². The highest BCUT2D eigenvalue weighted by Crippen LogP contribution is 2.34. The first kappa shape index (κ1) is 21.6. The molecule has 1 aromatic heterocycles. The molecule has 1 amide bonds. The summed E-state index contributed by atoms with van der Waals surface area (Å²) in [7, 11) is 0. The van der Waals surface area contributed by atoms with Crippen molar-refractivity contribution >= 4 is 23.0 Å². The lowest BCUT2D eigenvalue weighted by molar-refractivity contribution is 0.0762. The van der Waals surface area contributed by atoms with Gasteiger partial charge in [-0.1, -0.05) is 13.0 Å². The number of aliphatic hydroxyl groups is 1. The van der Waals surface area contributed by atoms with Crippen molar-refractivity contribution in [3.05, 3.63) is 67.9 Å². The van der Waals surface area contributed by atoms with Crippen LogP contribution in [0.4, 0.5) is 17.1 Å². The Morgan fingerprint density at radius 3 is 2.59 bits per heavy atom. The number of aromatic hydroxyl groups is 1. The average Bonchev–Trinajstić information content (AvgIpc) is 3.41. The molecule has 9 heteroatoms. The van der Waals surface area contributed by atoms with E-state index in [0.717, 1.165) is 5.76 Å². The molecule has 4 rings (SSSR count). The largest absolute Gasteiger partial charge is 0.505 e. The predicted molar refractivity (Wildman–Crippen MR) is 119 cm³/mol. The number of phenols is 1. The summed E-state index contributed by atoms with van der Waals surface area (Å²) in [6.45, 7) is 4.34. The van der Waals surface area contributed by atoms with Crippen LogP contribution in [-0.4, -0.2) is 40.2 Å². The van der Waals surface area contributed by atoms with Gasteiger partial charge in [-0.3, -0.25) is 14.4 Å². The Bertz CT molecular complexity index is 1220. The van der Waals surface area contributed by atoms with Gasteiger partial charge in [-0.2, -0.15) is 0 Å². The molecule has 0 radical (unpaired) electrons. The molecule has 4 N–H and O–H groups in total. The van der Waals surface area contributed by atoms with Crippen LogP contribution in [0, 0.1) is 6.92 Å². The van der Waals surface area contributed by atoms with Crippen LogP contribution in [0.1, 0.15) is 47.7 Å². The van der Waals surface area contributed by atoms with Crippen LogP contribution in [0.2, 0.25) is 0 Å². The van der Waals surface area contributed by atoms with Crippen molar-refractivity contribution in [1.29, 1.82) is 0 Å². The van der Waals surface area contributed by atoms with Crippen LogP contribution in [0.5, 0.6) is 5.75 Å². The van der Waals surface area contributed by atoms with E-state index in [9.17, 15) is 24.6 Å². The molecule has 3 aromatic rings. The monoisotopic (exact) mass is 439 g/mol. The number of carbonyl (C=O) groups excluding carboxylic acids is 1. The standard InChI is InChI=1S/C23H25N3O6/c1-3-15(17-8-7-12(2)32-17)24-18-19(22(30)21(18)29)25-16-6-4-5-14(20(16)28)23(31)26-10-9-13(27)11-26/h4-8,13,15,24-25,27-28H,3,9-11H2,1-2H3/t13-,15+/m0/s1. The summed E-state index contributed by atoms with van der Waals surface area (Å²) in [6.07, 6.45) is 0.517. The molecule has 1 saturated heterocycles. The number of rotatable bonds is 7. The minimum Gasteiger partial charge on any atom is -0.505 e. The summed E-state index contributed by atoms with van der Waals surface area (Å²) in [5, 5.41) is 26.2. The molecular formula is C23H25N3O6. The highest BCUT2D eigenvalue weighted by Gasteiger charge is 2.29. The van der Waals surface area contributed by atoms with Crippen molar-refractivity contribution in [2.24, 2.45) is 0 Å². The van der Waals surface area contributed by atoms with E-state index < -0.39 is 22.9 Å². The van der Waals surface area contributed by atoms with Crippen molar-refractivity contribution in [1.82, 2.24) is 4.90 Å². The molecule has 1 fully saturated rings. The van der Waals surface area contributed by atoms with Gasteiger partial charge in [0.2, 0.25) is 0 Å². The minimum atomic E-state index is -0.711. The molecule has 1 aliphatic heterocycles. The number of amides is 1. The zero-order valence-electron chi connectivity index (χ0n) is 17.8. The lowest BCUT2D eigenvalue weighted by Gasteiger charge is -2.21. The Kier molecular flexibility index (Phi) is 5.75. The predicted octanol–water partition coefficient (Wildman–Crippen LogP) is 2.40. The van der Waals surface area contributed by atoms with Gasteiger partial charge in [-0.15, -0.1) is 0 Å². The zero-order valence-corrected chi connectivity index (χ0v) is 17.8. The van der Waals surface area contributed by atoms with E-state index in [4.69, 9.17) is 4.42 Å². The molecule has 0 bridgehead atoms. The fourth-order valence-corrected chi connectivity index (χ4v) is 3.89. The van der Waals surface area contributed by atoms with Crippen molar-refractivity contribution in [2.75, 3.05) is 23.7 Å². The van der Waals surface area contributed by atoms with Crippen LogP contribution in [-0.2, 0) is 0 Å². The van der Waals surface area contributed by atoms with Gasteiger partial charge in [0.25, 0.3) is 16.8 Å². The normalized spacial score (nSPS) is 17.0. The highest BCUT2D eigenvalue weighted by atomic mass is 16.3. The fourth-order valence-electron chi connectivity index (χ4n) is 3.89. The lowest BCUT2D eigenvalue weighted by atomic mass is 10.1. The molecule has 32 heavy (non-hydrogen) atoms. The van der Waals surface area contributed by atoms with E-state index in [2.05, 4.69) is 10.6 Å². The Labute approximate surface area is 184 Å².